The standard InChI is InChI=1S/C10H17N5O3S/c1-2-13-10(16)8-5-11-3-4-15(8)19(17,18)9-6-12-7-14-9/h6-8,11H,2-5H2,1H3,(H,12,14)(H,13,16). The minimum atomic E-state index is -3.72. The van der Waals surface area contributed by atoms with Gasteiger partial charge in [0.15, 0.2) is 5.03 Å². The number of imidazole rings is 1. The van der Waals surface area contributed by atoms with Crippen LogP contribution in [0.15, 0.2) is 17.6 Å². The number of carbonyl (C=O) groups is 1. The van der Waals surface area contributed by atoms with Crippen LogP contribution in [0.2, 0.25) is 0 Å². The molecule has 1 atom stereocenters. The maximum absolute atomic E-state index is 12.4. The molecule has 2 heterocycles. The summed E-state index contributed by atoms with van der Waals surface area (Å²) in [6.07, 6.45) is 2.54. The van der Waals surface area contributed by atoms with Gasteiger partial charge in [-0.3, -0.25) is 4.79 Å². The molecule has 0 bridgehead atoms. The Balaban J connectivity index is 2.27. The number of amides is 1. The summed E-state index contributed by atoms with van der Waals surface area (Å²) in [5.41, 5.74) is 0. The number of hydrogen-bond acceptors (Lipinski definition) is 5. The third-order valence-electron chi connectivity index (χ3n) is 2.91. The van der Waals surface area contributed by atoms with Crippen molar-refractivity contribution >= 4 is 15.9 Å². The molecule has 3 N–H and O–H groups in total. The van der Waals surface area contributed by atoms with Crippen molar-refractivity contribution < 1.29 is 13.2 Å². The summed E-state index contributed by atoms with van der Waals surface area (Å²) >= 11 is 0. The number of rotatable bonds is 4. The van der Waals surface area contributed by atoms with E-state index >= 15 is 0 Å². The quantitative estimate of drug-likeness (QED) is 0.625. The lowest BCUT2D eigenvalue weighted by atomic mass is 10.2. The fourth-order valence-corrected chi connectivity index (χ4v) is 3.48. The van der Waals surface area contributed by atoms with Gasteiger partial charge < -0.3 is 15.6 Å². The molecule has 2 rings (SSSR count). The van der Waals surface area contributed by atoms with Crippen molar-refractivity contribution in [2.45, 2.75) is 18.0 Å². The molecule has 9 heteroatoms. The van der Waals surface area contributed by atoms with Crippen molar-refractivity contribution in [1.29, 1.82) is 0 Å². The Morgan fingerprint density at radius 1 is 1.63 bits per heavy atom. The van der Waals surface area contributed by atoms with E-state index in [2.05, 4.69) is 20.6 Å². The van der Waals surface area contributed by atoms with E-state index in [4.69, 9.17) is 0 Å². The Kier molecular flexibility index (Phi) is 4.17. The molecule has 1 saturated heterocycles. The predicted molar refractivity (Wildman–Crippen MR) is 67.8 cm³/mol. The van der Waals surface area contributed by atoms with E-state index in [1.807, 2.05) is 0 Å². The molecular weight excluding hydrogens is 270 g/mol. The monoisotopic (exact) mass is 287 g/mol. The van der Waals surface area contributed by atoms with E-state index in [1.54, 1.807) is 6.92 Å². The number of nitrogens with zero attached hydrogens (tertiary/aromatic N) is 2. The lowest BCUT2D eigenvalue weighted by molar-refractivity contribution is -0.125. The van der Waals surface area contributed by atoms with Crippen molar-refractivity contribution in [2.75, 3.05) is 26.2 Å². The van der Waals surface area contributed by atoms with Crippen molar-refractivity contribution in [3.8, 4) is 0 Å². The van der Waals surface area contributed by atoms with Gasteiger partial charge in [0.2, 0.25) is 5.91 Å². The van der Waals surface area contributed by atoms with Crippen LogP contribution in [0.3, 0.4) is 0 Å². The van der Waals surface area contributed by atoms with Crippen LogP contribution >= 0.6 is 0 Å². The maximum Gasteiger partial charge on any atom is 0.260 e. The van der Waals surface area contributed by atoms with Crippen LogP contribution in [0.5, 0.6) is 0 Å². The predicted octanol–water partition coefficient (Wildman–Crippen LogP) is -1.49. The number of aromatic amines is 1. The van der Waals surface area contributed by atoms with Crippen LogP contribution in [0, 0.1) is 0 Å². The fraction of sp³-hybridized carbons (Fsp3) is 0.600. The van der Waals surface area contributed by atoms with Crippen LogP contribution in [0.4, 0.5) is 0 Å². The summed E-state index contributed by atoms with van der Waals surface area (Å²) < 4.78 is 26.0. The third-order valence-corrected chi connectivity index (χ3v) is 4.74. The summed E-state index contributed by atoms with van der Waals surface area (Å²) in [6, 6.07) is -0.734. The minimum Gasteiger partial charge on any atom is -0.355 e. The van der Waals surface area contributed by atoms with E-state index in [-0.39, 0.29) is 17.5 Å². The number of carbonyl (C=O) groups excluding carboxylic acids is 1. The summed E-state index contributed by atoms with van der Waals surface area (Å²) in [7, 11) is -3.72. The number of aromatic nitrogens is 2. The molecule has 1 amide bonds. The summed E-state index contributed by atoms with van der Waals surface area (Å²) in [4.78, 5) is 18.2. The highest BCUT2D eigenvalue weighted by molar-refractivity contribution is 7.89. The third kappa shape index (κ3) is 2.77. The van der Waals surface area contributed by atoms with E-state index in [0.717, 1.165) is 0 Å². The van der Waals surface area contributed by atoms with Crippen LogP contribution in [0.25, 0.3) is 0 Å². The lowest BCUT2D eigenvalue weighted by Gasteiger charge is -2.33. The highest BCUT2D eigenvalue weighted by Gasteiger charge is 2.38. The number of hydrogen-bond donors (Lipinski definition) is 3. The molecule has 1 aliphatic rings. The first-order chi connectivity index (χ1) is 9.07. The first-order valence-electron chi connectivity index (χ1n) is 6.06. The molecule has 106 valence electrons. The second kappa shape index (κ2) is 5.68. The molecule has 1 aliphatic heterocycles. The molecule has 0 spiro atoms. The van der Waals surface area contributed by atoms with Gasteiger partial charge >= 0.3 is 0 Å². The molecule has 8 nitrogen and oxygen atoms in total. The fourth-order valence-electron chi connectivity index (χ4n) is 2.00. The van der Waals surface area contributed by atoms with Crippen LogP contribution < -0.4 is 10.6 Å². The molecule has 0 saturated carbocycles. The molecule has 0 aromatic carbocycles. The Labute approximate surface area is 111 Å². The normalized spacial score (nSPS) is 21.2. The first kappa shape index (κ1) is 14.0. The van der Waals surface area contributed by atoms with Gasteiger partial charge in [-0.2, -0.15) is 4.31 Å². The van der Waals surface area contributed by atoms with E-state index < -0.39 is 16.1 Å². The number of sulfonamides is 1. The SMILES string of the molecule is CCNC(=O)C1CNCCN1S(=O)(=O)c1cnc[nH]1. The Morgan fingerprint density at radius 3 is 3.05 bits per heavy atom. The molecule has 19 heavy (non-hydrogen) atoms. The maximum atomic E-state index is 12.4. The zero-order valence-electron chi connectivity index (χ0n) is 10.6. The zero-order valence-corrected chi connectivity index (χ0v) is 11.4. The Morgan fingerprint density at radius 2 is 2.42 bits per heavy atom. The van der Waals surface area contributed by atoms with Gasteiger partial charge in [-0.05, 0) is 6.92 Å². The molecule has 0 radical (unpaired) electrons. The van der Waals surface area contributed by atoms with Gasteiger partial charge in [-0.15, -0.1) is 0 Å². The number of piperazine rings is 1. The van der Waals surface area contributed by atoms with Gasteiger partial charge in [-0.25, -0.2) is 13.4 Å². The Bertz CT molecular complexity index is 527. The summed E-state index contributed by atoms with van der Waals surface area (Å²) in [6.45, 7) is 3.33. The molecule has 1 unspecified atom stereocenters. The largest absolute Gasteiger partial charge is 0.355 e. The van der Waals surface area contributed by atoms with E-state index in [1.165, 1.54) is 16.8 Å². The molecule has 0 aliphatic carbocycles. The second-order valence-corrected chi connectivity index (χ2v) is 6.01. The molecule has 1 fully saturated rings. The highest BCUT2D eigenvalue weighted by Crippen LogP contribution is 2.17. The van der Waals surface area contributed by atoms with E-state index in [0.29, 0.717) is 19.6 Å². The first-order valence-corrected chi connectivity index (χ1v) is 7.50. The summed E-state index contributed by atoms with van der Waals surface area (Å²) in [5, 5.41) is 5.68. The molecule has 1 aromatic rings. The number of likely N-dealkylation sites (N-methyl/N-ethyl adjacent to an activating group) is 1. The van der Waals surface area contributed by atoms with Crippen molar-refractivity contribution in [3.63, 3.8) is 0 Å². The smallest absolute Gasteiger partial charge is 0.260 e. The van der Waals surface area contributed by atoms with Crippen LogP contribution in [0.1, 0.15) is 6.92 Å². The zero-order chi connectivity index (χ0) is 13.9. The van der Waals surface area contributed by atoms with Gasteiger partial charge in [0, 0.05) is 26.2 Å². The van der Waals surface area contributed by atoms with E-state index in [9.17, 15) is 13.2 Å². The van der Waals surface area contributed by atoms with Gasteiger partial charge in [0.1, 0.15) is 6.04 Å². The van der Waals surface area contributed by atoms with Gasteiger partial charge in [0.05, 0.1) is 12.5 Å². The van der Waals surface area contributed by atoms with Gasteiger partial charge in [0.25, 0.3) is 10.0 Å². The number of H-pyrrole nitrogens is 1. The molecular formula is C10H17N5O3S. The summed E-state index contributed by atoms with van der Waals surface area (Å²) in [5.74, 6) is -0.294. The molecule has 1 aromatic heterocycles. The lowest BCUT2D eigenvalue weighted by Crippen LogP contribution is -2.59. The van der Waals surface area contributed by atoms with Crippen molar-refractivity contribution in [2.24, 2.45) is 0 Å². The number of nitrogens with one attached hydrogen (secondary N) is 3. The van der Waals surface area contributed by atoms with Crippen LogP contribution in [-0.4, -0.2) is 60.8 Å². The van der Waals surface area contributed by atoms with Crippen molar-refractivity contribution in [1.82, 2.24) is 24.9 Å². The Hall–Kier alpha value is -1.45. The average molecular weight is 287 g/mol. The highest BCUT2D eigenvalue weighted by atomic mass is 32.2. The second-order valence-electron chi connectivity index (χ2n) is 4.15. The topological polar surface area (TPSA) is 107 Å². The average Bonchev–Trinajstić information content (AvgIpc) is 2.93. The van der Waals surface area contributed by atoms with Gasteiger partial charge in [-0.1, -0.05) is 0 Å². The van der Waals surface area contributed by atoms with Crippen LogP contribution in [-0.2, 0) is 14.8 Å². The van der Waals surface area contributed by atoms with Crippen molar-refractivity contribution in [3.05, 3.63) is 12.5 Å². The minimum absolute atomic E-state index is 0.00342.